The minimum Gasteiger partial charge on any atom is -0.417 e. The van der Waals surface area contributed by atoms with Gasteiger partial charge in [-0.15, -0.1) is 20.4 Å². The SMILES string of the molecule is CSc1nnc(NC(=O)c2nnc(C3CCCCC3)o2)s1. The van der Waals surface area contributed by atoms with Crippen LogP contribution in [0.4, 0.5) is 5.13 Å². The molecule has 0 bridgehead atoms. The molecule has 0 aromatic carbocycles. The second kappa shape index (κ2) is 6.52. The summed E-state index contributed by atoms with van der Waals surface area (Å²) in [6.07, 6.45) is 7.62. The van der Waals surface area contributed by atoms with Crippen LogP contribution in [0.25, 0.3) is 0 Å². The van der Waals surface area contributed by atoms with E-state index in [1.165, 1.54) is 42.4 Å². The number of rotatable bonds is 4. The summed E-state index contributed by atoms with van der Waals surface area (Å²) in [4.78, 5) is 12.0. The lowest BCUT2D eigenvalue weighted by Crippen LogP contribution is -2.12. The first-order chi connectivity index (χ1) is 10.3. The number of hydrogen-bond acceptors (Lipinski definition) is 8. The van der Waals surface area contributed by atoms with Crippen molar-refractivity contribution in [3.8, 4) is 0 Å². The number of aromatic nitrogens is 4. The molecular weight excluding hydrogens is 310 g/mol. The van der Waals surface area contributed by atoms with Gasteiger partial charge in [-0.05, 0) is 19.1 Å². The first kappa shape index (κ1) is 14.5. The molecule has 2 aromatic heterocycles. The minimum atomic E-state index is -0.437. The molecule has 1 fully saturated rings. The lowest BCUT2D eigenvalue weighted by atomic mass is 9.89. The molecule has 9 heteroatoms. The molecule has 21 heavy (non-hydrogen) atoms. The van der Waals surface area contributed by atoms with Gasteiger partial charge in [-0.1, -0.05) is 42.4 Å². The average molecular weight is 325 g/mol. The summed E-state index contributed by atoms with van der Waals surface area (Å²) in [5, 5.41) is 18.7. The van der Waals surface area contributed by atoms with Crippen LogP contribution in [0, 0.1) is 0 Å². The number of anilines is 1. The van der Waals surface area contributed by atoms with Crippen LogP contribution in [-0.4, -0.2) is 32.6 Å². The van der Waals surface area contributed by atoms with E-state index in [2.05, 4.69) is 25.7 Å². The molecular formula is C12H15N5O2S2. The molecule has 2 heterocycles. The second-order valence-electron chi connectivity index (χ2n) is 4.81. The molecule has 2 aromatic rings. The van der Waals surface area contributed by atoms with E-state index < -0.39 is 5.91 Å². The van der Waals surface area contributed by atoms with Crippen LogP contribution < -0.4 is 5.32 Å². The highest BCUT2D eigenvalue weighted by Gasteiger charge is 2.23. The van der Waals surface area contributed by atoms with E-state index in [0.717, 1.165) is 17.2 Å². The maximum atomic E-state index is 12.0. The standard InChI is InChI=1S/C12H15N5O2S2/c1-20-12-17-16-11(21-12)13-8(18)10-15-14-9(19-10)7-5-3-2-4-6-7/h7H,2-6H2,1H3,(H,13,16,18). The van der Waals surface area contributed by atoms with E-state index in [1.54, 1.807) is 0 Å². The fraction of sp³-hybridized carbons (Fsp3) is 0.583. The maximum Gasteiger partial charge on any atom is 0.315 e. The van der Waals surface area contributed by atoms with Crippen molar-refractivity contribution in [1.29, 1.82) is 0 Å². The summed E-state index contributed by atoms with van der Waals surface area (Å²) < 4.78 is 6.30. The van der Waals surface area contributed by atoms with Crippen LogP contribution in [0.5, 0.6) is 0 Å². The number of carbonyl (C=O) groups excluding carboxylic acids is 1. The van der Waals surface area contributed by atoms with Gasteiger partial charge in [0.15, 0.2) is 4.34 Å². The molecule has 0 radical (unpaired) electrons. The Morgan fingerprint density at radius 2 is 2.05 bits per heavy atom. The van der Waals surface area contributed by atoms with Crippen LogP contribution in [0.3, 0.4) is 0 Å². The predicted octanol–water partition coefficient (Wildman–Crippen LogP) is 2.94. The summed E-state index contributed by atoms with van der Waals surface area (Å²) in [5.74, 6) is 0.407. The summed E-state index contributed by atoms with van der Waals surface area (Å²) in [6.45, 7) is 0. The van der Waals surface area contributed by atoms with Crippen LogP contribution >= 0.6 is 23.1 Å². The van der Waals surface area contributed by atoms with Gasteiger partial charge in [0.2, 0.25) is 11.0 Å². The van der Waals surface area contributed by atoms with Crippen molar-refractivity contribution in [2.45, 2.75) is 42.4 Å². The quantitative estimate of drug-likeness (QED) is 0.682. The summed E-state index contributed by atoms with van der Waals surface area (Å²) in [5.41, 5.74) is 0. The van der Waals surface area contributed by atoms with Crippen molar-refractivity contribution in [3.63, 3.8) is 0 Å². The normalized spacial score (nSPS) is 16.0. The summed E-state index contributed by atoms with van der Waals surface area (Å²) >= 11 is 2.79. The Labute approximate surface area is 129 Å². The van der Waals surface area contributed by atoms with E-state index in [9.17, 15) is 4.79 Å². The van der Waals surface area contributed by atoms with Gasteiger partial charge in [-0.25, -0.2) is 0 Å². The third-order valence-electron chi connectivity index (χ3n) is 3.39. The fourth-order valence-electron chi connectivity index (χ4n) is 2.33. The van der Waals surface area contributed by atoms with Crippen molar-refractivity contribution in [2.75, 3.05) is 11.6 Å². The number of nitrogens with one attached hydrogen (secondary N) is 1. The van der Waals surface area contributed by atoms with Gasteiger partial charge >= 0.3 is 11.8 Å². The van der Waals surface area contributed by atoms with E-state index in [-0.39, 0.29) is 11.8 Å². The molecule has 0 spiro atoms. The first-order valence-corrected chi connectivity index (χ1v) is 8.82. The zero-order valence-electron chi connectivity index (χ0n) is 11.5. The molecule has 1 aliphatic carbocycles. The Hall–Kier alpha value is -1.48. The Balaban J connectivity index is 1.66. The molecule has 0 aliphatic heterocycles. The summed E-state index contributed by atoms with van der Waals surface area (Å²) in [6, 6.07) is 0. The van der Waals surface area contributed by atoms with Crippen molar-refractivity contribution >= 4 is 34.1 Å². The third-order valence-corrected chi connectivity index (χ3v) is 5.21. The van der Waals surface area contributed by atoms with Crippen molar-refractivity contribution in [2.24, 2.45) is 0 Å². The van der Waals surface area contributed by atoms with E-state index in [4.69, 9.17) is 4.42 Å². The van der Waals surface area contributed by atoms with Crippen molar-refractivity contribution in [1.82, 2.24) is 20.4 Å². The Morgan fingerprint density at radius 3 is 2.76 bits per heavy atom. The van der Waals surface area contributed by atoms with Crippen LogP contribution in [0.1, 0.15) is 54.6 Å². The van der Waals surface area contributed by atoms with Crippen molar-refractivity contribution in [3.05, 3.63) is 11.8 Å². The topological polar surface area (TPSA) is 93.8 Å². The van der Waals surface area contributed by atoms with E-state index in [1.807, 2.05) is 6.26 Å². The van der Waals surface area contributed by atoms with E-state index >= 15 is 0 Å². The van der Waals surface area contributed by atoms with Gasteiger partial charge < -0.3 is 4.42 Å². The third kappa shape index (κ3) is 3.41. The highest BCUT2D eigenvalue weighted by atomic mass is 32.2. The number of hydrogen-bond donors (Lipinski definition) is 1. The molecule has 1 saturated carbocycles. The van der Waals surface area contributed by atoms with Crippen LogP contribution in [0.15, 0.2) is 8.76 Å². The molecule has 112 valence electrons. The molecule has 3 rings (SSSR count). The van der Waals surface area contributed by atoms with Gasteiger partial charge in [0, 0.05) is 5.92 Å². The summed E-state index contributed by atoms with van der Waals surface area (Å²) in [7, 11) is 0. The first-order valence-electron chi connectivity index (χ1n) is 6.78. The molecule has 1 N–H and O–H groups in total. The number of thioether (sulfide) groups is 1. The van der Waals surface area contributed by atoms with Gasteiger partial charge in [-0.3, -0.25) is 10.1 Å². The maximum absolute atomic E-state index is 12.0. The van der Waals surface area contributed by atoms with Gasteiger partial charge in [0.1, 0.15) is 0 Å². The molecule has 7 nitrogen and oxygen atoms in total. The van der Waals surface area contributed by atoms with E-state index in [0.29, 0.717) is 11.0 Å². The highest BCUT2D eigenvalue weighted by Crippen LogP contribution is 2.31. The highest BCUT2D eigenvalue weighted by molar-refractivity contribution is 8.00. The second-order valence-corrected chi connectivity index (χ2v) is 6.84. The molecule has 1 amide bonds. The Kier molecular flexibility index (Phi) is 4.49. The average Bonchev–Trinajstić information content (AvgIpc) is 3.17. The number of carbonyl (C=O) groups is 1. The number of nitrogens with zero attached hydrogens (tertiary/aromatic N) is 4. The lowest BCUT2D eigenvalue weighted by molar-refractivity contribution is 0.0987. The van der Waals surface area contributed by atoms with Crippen LogP contribution in [-0.2, 0) is 0 Å². The number of amides is 1. The Morgan fingerprint density at radius 1 is 1.24 bits per heavy atom. The van der Waals surface area contributed by atoms with Gasteiger partial charge in [0.25, 0.3) is 0 Å². The Bertz CT molecular complexity index is 621. The molecule has 0 saturated heterocycles. The zero-order chi connectivity index (χ0) is 14.7. The minimum absolute atomic E-state index is 0.0172. The largest absolute Gasteiger partial charge is 0.417 e. The molecule has 0 unspecified atom stereocenters. The molecule has 0 atom stereocenters. The monoisotopic (exact) mass is 325 g/mol. The molecule has 1 aliphatic rings. The fourth-order valence-corrected chi connectivity index (χ4v) is 3.50. The lowest BCUT2D eigenvalue weighted by Gasteiger charge is -2.17. The smallest absolute Gasteiger partial charge is 0.315 e. The predicted molar refractivity (Wildman–Crippen MR) is 79.8 cm³/mol. The zero-order valence-corrected chi connectivity index (χ0v) is 13.2. The van der Waals surface area contributed by atoms with Crippen molar-refractivity contribution < 1.29 is 9.21 Å². The van der Waals surface area contributed by atoms with Gasteiger partial charge in [0.05, 0.1) is 0 Å². The van der Waals surface area contributed by atoms with Gasteiger partial charge in [-0.2, -0.15) is 0 Å². The van der Waals surface area contributed by atoms with Crippen LogP contribution in [0.2, 0.25) is 0 Å².